The Morgan fingerprint density at radius 1 is 0.625 bits per heavy atom. The molecular formula is C32H56N4O4. The van der Waals surface area contributed by atoms with Gasteiger partial charge in [-0.15, -0.1) is 0 Å². The summed E-state index contributed by atoms with van der Waals surface area (Å²) >= 11 is 0. The van der Waals surface area contributed by atoms with E-state index in [1.807, 2.05) is 0 Å². The van der Waals surface area contributed by atoms with E-state index >= 15 is 0 Å². The van der Waals surface area contributed by atoms with Crippen molar-refractivity contribution in [2.75, 3.05) is 6.54 Å². The van der Waals surface area contributed by atoms with E-state index in [-0.39, 0.29) is 31.2 Å². The van der Waals surface area contributed by atoms with Crippen LogP contribution >= 0.6 is 0 Å². The summed E-state index contributed by atoms with van der Waals surface area (Å²) in [5.74, 6) is -1.62. The number of rotatable bonds is 27. The zero-order valence-electron chi connectivity index (χ0n) is 25.4. The predicted octanol–water partition coefficient (Wildman–Crippen LogP) is 7.48. The predicted molar refractivity (Wildman–Crippen MR) is 162 cm³/mol. The zero-order chi connectivity index (χ0) is 29.8. The Hall–Kier alpha value is -2.61. The van der Waals surface area contributed by atoms with Crippen LogP contribution in [0, 0.1) is 13.1 Å². The standard InChI is InChI=1S/C32H56N4O4/c1-5-7-9-11-13-15-17-21-27(33-3)25-30(37)35-24-20-19-23-29(32(39)40)36-31(38)26-28(34-4)22-18-16-14-12-10-8-6-2/h27-29H,5-26H2,1-2H3,(H,35,37)(H,36,38)(H,39,40)/t27-,28-,29+/m1/s1. The Bertz CT molecular complexity index is 759. The van der Waals surface area contributed by atoms with Gasteiger partial charge in [0.05, 0.1) is 0 Å². The molecule has 0 aromatic carbocycles. The minimum absolute atomic E-state index is 0.0280. The van der Waals surface area contributed by atoms with E-state index in [0.29, 0.717) is 25.8 Å². The summed E-state index contributed by atoms with van der Waals surface area (Å²) in [6, 6.07) is -1.70. The number of aliphatic carboxylic acids is 1. The normalized spacial score (nSPS) is 13.0. The fourth-order valence-corrected chi connectivity index (χ4v) is 4.81. The van der Waals surface area contributed by atoms with Gasteiger partial charge in [-0.25, -0.2) is 17.9 Å². The fraction of sp³-hybridized carbons (Fsp3) is 0.844. The quantitative estimate of drug-likeness (QED) is 0.0715. The van der Waals surface area contributed by atoms with Crippen LogP contribution < -0.4 is 10.6 Å². The number of carbonyl (C=O) groups is 3. The molecule has 0 heterocycles. The molecule has 0 fully saturated rings. The molecule has 2 amide bonds. The van der Waals surface area contributed by atoms with Crippen LogP contribution in [0.1, 0.15) is 149 Å². The van der Waals surface area contributed by atoms with Crippen molar-refractivity contribution in [1.29, 1.82) is 0 Å². The molecule has 0 saturated carbocycles. The number of nitrogens with one attached hydrogen (secondary N) is 2. The number of carboxylic acids is 1. The summed E-state index contributed by atoms with van der Waals surface area (Å²) in [6.07, 6.45) is 19.4. The van der Waals surface area contributed by atoms with Gasteiger partial charge in [0.25, 0.3) is 0 Å². The number of unbranched alkanes of at least 4 members (excludes halogenated alkanes) is 13. The zero-order valence-corrected chi connectivity index (χ0v) is 25.4. The Kier molecular flexibility index (Phi) is 24.9. The second kappa shape index (κ2) is 26.6. The maximum Gasteiger partial charge on any atom is 0.326 e. The summed E-state index contributed by atoms with van der Waals surface area (Å²) < 4.78 is 0. The molecule has 40 heavy (non-hydrogen) atoms. The van der Waals surface area contributed by atoms with Gasteiger partial charge in [0.1, 0.15) is 18.9 Å². The molecule has 0 aromatic heterocycles. The molecule has 0 bridgehead atoms. The molecule has 0 radical (unpaired) electrons. The van der Waals surface area contributed by atoms with E-state index in [1.54, 1.807) is 0 Å². The molecule has 0 aliphatic carbocycles. The van der Waals surface area contributed by atoms with Crippen LogP contribution in [0.15, 0.2) is 0 Å². The second-order valence-electron chi connectivity index (χ2n) is 11.1. The number of amides is 2. The first-order valence-corrected chi connectivity index (χ1v) is 15.9. The van der Waals surface area contributed by atoms with Gasteiger partial charge in [-0.05, 0) is 32.1 Å². The topological polar surface area (TPSA) is 104 Å². The first kappa shape index (κ1) is 37.4. The third kappa shape index (κ3) is 22.2. The third-order valence-corrected chi connectivity index (χ3v) is 7.36. The van der Waals surface area contributed by atoms with Gasteiger partial charge < -0.3 is 25.4 Å². The van der Waals surface area contributed by atoms with Crippen molar-refractivity contribution < 1.29 is 19.5 Å². The van der Waals surface area contributed by atoms with E-state index in [4.69, 9.17) is 13.1 Å². The Morgan fingerprint density at radius 3 is 1.50 bits per heavy atom. The molecule has 0 aromatic rings. The van der Waals surface area contributed by atoms with Crippen molar-refractivity contribution in [2.24, 2.45) is 0 Å². The van der Waals surface area contributed by atoms with Crippen LogP contribution in [0.5, 0.6) is 0 Å². The highest BCUT2D eigenvalue weighted by Gasteiger charge is 2.24. The van der Waals surface area contributed by atoms with Crippen LogP contribution in [0.2, 0.25) is 0 Å². The lowest BCUT2D eigenvalue weighted by Crippen LogP contribution is -2.41. The van der Waals surface area contributed by atoms with E-state index in [0.717, 1.165) is 38.5 Å². The minimum Gasteiger partial charge on any atom is -0.480 e. The number of carboxylic acid groups (broad SMARTS) is 1. The summed E-state index contributed by atoms with van der Waals surface area (Å²) in [7, 11) is 0. The summed E-state index contributed by atoms with van der Waals surface area (Å²) in [5.41, 5.74) is 0. The first-order valence-electron chi connectivity index (χ1n) is 15.9. The molecule has 0 saturated heterocycles. The average Bonchev–Trinajstić information content (AvgIpc) is 2.93. The highest BCUT2D eigenvalue weighted by molar-refractivity contribution is 5.83. The van der Waals surface area contributed by atoms with E-state index in [9.17, 15) is 19.5 Å². The Morgan fingerprint density at radius 2 is 1.05 bits per heavy atom. The van der Waals surface area contributed by atoms with E-state index in [1.165, 1.54) is 57.8 Å². The molecule has 0 aliphatic rings. The summed E-state index contributed by atoms with van der Waals surface area (Å²) in [4.78, 5) is 43.4. The van der Waals surface area contributed by atoms with Gasteiger partial charge in [0, 0.05) is 19.4 Å². The molecule has 3 N–H and O–H groups in total. The molecule has 0 spiro atoms. The van der Waals surface area contributed by atoms with Crippen LogP contribution in [-0.4, -0.2) is 47.6 Å². The highest BCUT2D eigenvalue weighted by Crippen LogP contribution is 2.15. The van der Waals surface area contributed by atoms with Crippen molar-refractivity contribution in [1.82, 2.24) is 10.6 Å². The lowest BCUT2D eigenvalue weighted by Gasteiger charge is -2.15. The van der Waals surface area contributed by atoms with Gasteiger partial charge in [-0.1, -0.05) is 90.9 Å². The Balaban J connectivity index is 4.13. The average molecular weight is 561 g/mol. The van der Waals surface area contributed by atoms with Gasteiger partial charge in [0.2, 0.25) is 23.9 Å². The third-order valence-electron chi connectivity index (χ3n) is 7.36. The van der Waals surface area contributed by atoms with Crippen LogP contribution in [0.4, 0.5) is 0 Å². The molecular weight excluding hydrogens is 504 g/mol. The molecule has 0 aliphatic heterocycles. The maximum atomic E-state index is 12.4. The molecule has 228 valence electrons. The lowest BCUT2D eigenvalue weighted by atomic mass is 10.0. The summed E-state index contributed by atoms with van der Waals surface area (Å²) in [5, 5.41) is 14.9. The second-order valence-corrected chi connectivity index (χ2v) is 11.1. The van der Waals surface area contributed by atoms with Crippen molar-refractivity contribution in [3.63, 3.8) is 0 Å². The SMILES string of the molecule is [C-]#[N+][C@H](CCCCCCCCC)CC(=O)NCCCC[C@H](NC(=O)C[C@@H](CCCCCCCCC)[N+]#[C-])C(=O)O. The van der Waals surface area contributed by atoms with E-state index < -0.39 is 24.0 Å². The maximum absolute atomic E-state index is 12.4. The van der Waals surface area contributed by atoms with E-state index in [2.05, 4.69) is 34.2 Å². The molecule has 8 nitrogen and oxygen atoms in total. The first-order chi connectivity index (χ1) is 19.4. The minimum atomic E-state index is -1.09. The number of carbonyl (C=O) groups excluding carboxylic acids is 2. The molecule has 3 atom stereocenters. The van der Waals surface area contributed by atoms with Crippen LogP contribution in [-0.2, 0) is 14.4 Å². The molecule has 0 unspecified atom stereocenters. The van der Waals surface area contributed by atoms with Gasteiger partial charge in [-0.2, -0.15) is 0 Å². The highest BCUT2D eigenvalue weighted by atomic mass is 16.4. The Labute approximate surface area is 244 Å². The number of hydrogen-bond acceptors (Lipinski definition) is 3. The van der Waals surface area contributed by atoms with Crippen molar-refractivity contribution in [2.45, 2.75) is 167 Å². The fourth-order valence-electron chi connectivity index (χ4n) is 4.81. The lowest BCUT2D eigenvalue weighted by molar-refractivity contribution is -0.142. The molecule has 8 heteroatoms. The van der Waals surface area contributed by atoms with Crippen LogP contribution in [0.3, 0.4) is 0 Å². The van der Waals surface area contributed by atoms with Crippen LogP contribution in [0.25, 0.3) is 9.69 Å². The van der Waals surface area contributed by atoms with Gasteiger partial charge in [0.15, 0.2) is 0 Å². The largest absolute Gasteiger partial charge is 0.480 e. The van der Waals surface area contributed by atoms with Crippen molar-refractivity contribution >= 4 is 17.8 Å². The summed E-state index contributed by atoms with van der Waals surface area (Å²) in [6.45, 7) is 19.6. The van der Waals surface area contributed by atoms with Crippen molar-refractivity contribution in [3.8, 4) is 0 Å². The van der Waals surface area contributed by atoms with Gasteiger partial charge in [-0.3, -0.25) is 9.59 Å². The number of nitrogens with zero attached hydrogens (tertiary/aromatic N) is 2. The number of hydrogen-bond donors (Lipinski definition) is 3. The monoisotopic (exact) mass is 560 g/mol. The smallest absolute Gasteiger partial charge is 0.326 e. The van der Waals surface area contributed by atoms with Crippen molar-refractivity contribution in [3.05, 3.63) is 22.8 Å². The molecule has 0 rings (SSSR count). The van der Waals surface area contributed by atoms with Gasteiger partial charge >= 0.3 is 5.97 Å².